The number of ether oxygens (including phenoxy) is 1. The van der Waals surface area contributed by atoms with Gasteiger partial charge < -0.3 is 15.6 Å². The number of anilines is 1. The maximum absolute atomic E-state index is 9.29. The van der Waals surface area contributed by atoms with E-state index in [9.17, 15) is 5.11 Å². The van der Waals surface area contributed by atoms with Crippen molar-refractivity contribution in [1.82, 2.24) is 0 Å². The Morgan fingerprint density at radius 2 is 2.21 bits per heavy atom. The molecule has 14 heavy (non-hydrogen) atoms. The first-order valence-corrected chi connectivity index (χ1v) is 4.80. The van der Waals surface area contributed by atoms with E-state index >= 15 is 0 Å². The van der Waals surface area contributed by atoms with Gasteiger partial charge in [0.1, 0.15) is 12.4 Å². The summed E-state index contributed by atoms with van der Waals surface area (Å²) in [5.41, 5.74) is 7.47. The topological polar surface area (TPSA) is 55.5 Å². The summed E-state index contributed by atoms with van der Waals surface area (Å²) in [6, 6.07) is 5.54. The summed E-state index contributed by atoms with van der Waals surface area (Å²) < 4.78 is 5.36. The minimum atomic E-state index is -0.405. The molecule has 0 aliphatic rings. The molecule has 3 heteroatoms. The smallest absolute Gasteiger partial charge is 0.121 e. The number of hydrogen-bond donors (Lipinski definition) is 2. The first kappa shape index (κ1) is 10.9. The Labute approximate surface area is 84.5 Å². The van der Waals surface area contributed by atoms with Gasteiger partial charge in [-0.15, -0.1) is 0 Å². The molecule has 0 radical (unpaired) electrons. The van der Waals surface area contributed by atoms with E-state index < -0.39 is 6.10 Å². The molecule has 78 valence electrons. The van der Waals surface area contributed by atoms with E-state index in [1.54, 1.807) is 6.07 Å². The van der Waals surface area contributed by atoms with Crippen LogP contribution in [0.2, 0.25) is 0 Å². The summed E-state index contributed by atoms with van der Waals surface area (Å²) in [6.45, 7) is 4.18. The van der Waals surface area contributed by atoms with Gasteiger partial charge in [-0.3, -0.25) is 0 Å². The zero-order chi connectivity index (χ0) is 10.6. The van der Waals surface area contributed by atoms with Crippen molar-refractivity contribution in [2.24, 2.45) is 0 Å². The van der Waals surface area contributed by atoms with Crippen LogP contribution in [-0.4, -0.2) is 17.8 Å². The summed E-state index contributed by atoms with van der Waals surface area (Å²) in [4.78, 5) is 0. The summed E-state index contributed by atoms with van der Waals surface area (Å²) in [5.74, 6) is 0.709. The molecule has 1 rings (SSSR count). The van der Waals surface area contributed by atoms with Gasteiger partial charge in [-0.05, 0) is 25.0 Å². The average molecular weight is 195 g/mol. The molecule has 3 nitrogen and oxygen atoms in total. The molecule has 0 aliphatic carbocycles. The number of aliphatic hydroxyl groups is 1. The fraction of sp³-hybridized carbons (Fsp3) is 0.455. The van der Waals surface area contributed by atoms with Crippen LogP contribution in [0.4, 0.5) is 5.69 Å². The molecule has 1 aromatic carbocycles. The quantitative estimate of drug-likeness (QED) is 0.719. The predicted octanol–water partition coefficient (Wildman–Crippen LogP) is 1.73. The lowest BCUT2D eigenvalue weighted by atomic mass is 10.2. The Morgan fingerprint density at radius 3 is 2.79 bits per heavy atom. The van der Waals surface area contributed by atoms with Crippen LogP contribution in [0.15, 0.2) is 18.2 Å². The first-order chi connectivity index (χ1) is 6.63. The molecule has 0 saturated carbocycles. The molecule has 0 saturated heterocycles. The summed E-state index contributed by atoms with van der Waals surface area (Å²) in [7, 11) is 0. The van der Waals surface area contributed by atoms with E-state index in [4.69, 9.17) is 10.5 Å². The lowest BCUT2D eigenvalue weighted by Crippen LogP contribution is -2.16. The van der Waals surface area contributed by atoms with E-state index in [0.717, 1.165) is 5.56 Å². The van der Waals surface area contributed by atoms with Gasteiger partial charge >= 0.3 is 0 Å². The highest BCUT2D eigenvalue weighted by atomic mass is 16.5. The molecule has 0 aromatic heterocycles. The van der Waals surface area contributed by atoms with E-state index in [-0.39, 0.29) is 0 Å². The SMILES string of the molecule is CCC(O)COc1ccc(C)c(N)c1. The predicted molar refractivity (Wildman–Crippen MR) is 57.4 cm³/mol. The first-order valence-electron chi connectivity index (χ1n) is 4.80. The van der Waals surface area contributed by atoms with Crippen LogP contribution in [0.25, 0.3) is 0 Å². The number of rotatable bonds is 4. The lowest BCUT2D eigenvalue weighted by molar-refractivity contribution is 0.104. The number of aryl methyl sites for hydroxylation is 1. The number of nitrogen functional groups attached to an aromatic ring is 1. The van der Waals surface area contributed by atoms with Crippen molar-refractivity contribution in [3.8, 4) is 5.75 Å². The molecule has 0 amide bonds. The Kier molecular flexibility index (Phi) is 3.77. The van der Waals surface area contributed by atoms with Gasteiger partial charge in [-0.1, -0.05) is 13.0 Å². The highest BCUT2D eigenvalue weighted by Crippen LogP contribution is 2.19. The van der Waals surface area contributed by atoms with Crippen LogP contribution in [0.5, 0.6) is 5.75 Å². The van der Waals surface area contributed by atoms with E-state index in [1.165, 1.54) is 0 Å². The fourth-order valence-electron chi connectivity index (χ4n) is 1.02. The molecule has 3 N–H and O–H groups in total. The minimum Gasteiger partial charge on any atom is -0.491 e. The highest BCUT2D eigenvalue weighted by Gasteiger charge is 2.02. The minimum absolute atomic E-state index is 0.318. The second-order valence-corrected chi connectivity index (χ2v) is 3.39. The number of benzene rings is 1. The molecule has 0 heterocycles. The maximum Gasteiger partial charge on any atom is 0.121 e. The largest absolute Gasteiger partial charge is 0.491 e. The van der Waals surface area contributed by atoms with Crippen molar-refractivity contribution in [3.05, 3.63) is 23.8 Å². The number of aliphatic hydroxyl groups excluding tert-OH is 1. The van der Waals surface area contributed by atoms with Crippen molar-refractivity contribution in [2.75, 3.05) is 12.3 Å². The third-order valence-corrected chi connectivity index (χ3v) is 2.16. The number of nitrogens with two attached hydrogens (primary N) is 1. The molecule has 1 atom stereocenters. The van der Waals surface area contributed by atoms with Crippen molar-refractivity contribution >= 4 is 5.69 Å². The van der Waals surface area contributed by atoms with Crippen LogP contribution >= 0.6 is 0 Å². The Morgan fingerprint density at radius 1 is 1.50 bits per heavy atom. The van der Waals surface area contributed by atoms with Crippen LogP contribution in [0.3, 0.4) is 0 Å². The summed E-state index contributed by atoms with van der Waals surface area (Å²) >= 11 is 0. The highest BCUT2D eigenvalue weighted by molar-refractivity contribution is 5.50. The molecular weight excluding hydrogens is 178 g/mol. The molecule has 0 spiro atoms. The van der Waals surface area contributed by atoms with Crippen molar-refractivity contribution in [3.63, 3.8) is 0 Å². The van der Waals surface area contributed by atoms with Gasteiger partial charge in [0.25, 0.3) is 0 Å². The maximum atomic E-state index is 9.29. The summed E-state index contributed by atoms with van der Waals surface area (Å²) in [6.07, 6.45) is 0.291. The van der Waals surface area contributed by atoms with E-state index in [2.05, 4.69) is 0 Å². The van der Waals surface area contributed by atoms with Crippen molar-refractivity contribution in [2.45, 2.75) is 26.4 Å². The molecule has 1 aromatic rings. The molecule has 0 aliphatic heterocycles. The van der Waals surface area contributed by atoms with Crippen molar-refractivity contribution < 1.29 is 9.84 Å². The van der Waals surface area contributed by atoms with E-state index in [0.29, 0.717) is 24.5 Å². The monoisotopic (exact) mass is 195 g/mol. The van der Waals surface area contributed by atoms with Gasteiger partial charge in [0.2, 0.25) is 0 Å². The van der Waals surface area contributed by atoms with E-state index in [1.807, 2.05) is 26.0 Å². The summed E-state index contributed by atoms with van der Waals surface area (Å²) in [5, 5.41) is 9.29. The van der Waals surface area contributed by atoms with Gasteiger partial charge in [-0.2, -0.15) is 0 Å². The molecule has 1 unspecified atom stereocenters. The van der Waals surface area contributed by atoms with Gasteiger partial charge in [-0.25, -0.2) is 0 Å². The zero-order valence-corrected chi connectivity index (χ0v) is 8.66. The second kappa shape index (κ2) is 4.86. The fourth-order valence-corrected chi connectivity index (χ4v) is 1.02. The third-order valence-electron chi connectivity index (χ3n) is 2.16. The van der Waals surface area contributed by atoms with Crippen LogP contribution in [-0.2, 0) is 0 Å². The van der Waals surface area contributed by atoms with Crippen LogP contribution in [0, 0.1) is 6.92 Å². The van der Waals surface area contributed by atoms with Crippen LogP contribution in [0.1, 0.15) is 18.9 Å². The lowest BCUT2D eigenvalue weighted by Gasteiger charge is -2.11. The van der Waals surface area contributed by atoms with Crippen LogP contribution < -0.4 is 10.5 Å². The number of hydrogen-bond acceptors (Lipinski definition) is 3. The third kappa shape index (κ3) is 2.92. The van der Waals surface area contributed by atoms with Gasteiger partial charge in [0.05, 0.1) is 6.10 Å². The molecule has 0 fully saturated rings. The normalized spacial score (nSPS) is 12.5. The van der Waals surface area contributed by atoms with Gasteiger partial charge in [0.15, 0.2) is 0 Å². The average Bonchev–Trinajstić information content (AvgIpc) is 2.19. The Balaban J connectivity index is 2.55. The zero-order valence-electron chi connectivity index (χ0n) is 8.66. The van der Waals surface area contributed by atoms with Crippen molar-refractivity contribution in [1.29, 1.82) is 0 Å². The Bertz CT molecular complexity index is 299. The van der Waals surface area contributed by atoms with Gasteiger partial charge in [0, 0.05) is 11.8 Å². The molecular formula is C11H17NO2. The Hall–Kier alpha value is -1.22. The standard InChI is InChI=1S/C11H17NO2/c1-3-9(13)7-14-10-5-4-8(2)11(12)6-10/h4-6,9,13H,3,7,12H2,1-2H3. The second-order valence-electron chi connectivity index (χ2n) is 3.39. The molecule has 0 bridgehead atoms.